The number of morpholine rings is 1. The summed E-state index contributed by atoms with van der Waals surface area (Å²) in [5.41, 5.74) is -0.688. The Morgan fingerprint density at radius 2 is 2.10 bits per heavy atom. The fourth-order valence-corrected chi connectivity index (χ4v) is 2.40. The molecule has 0 bridgehead atoms. The van der Waals surface area contributed by atoms with Gasteiger partial charge in [-0.15, -0.1) is 0 Å². The van der Waals surface area contributed by atoms with Gasteiger partial charge in [-0.1, -0.05) is 18.2 Å². The molecule has 2 unspecified atom stereocenters. The molecule has 2 rings (SSSR count). The summed E-state index contributed by atoms with van der Waals surface area (Å²) in [5, 5.41) is 9.01. The minimum atomic E-state index is -4.46. The number of hydrogen-bond acceptors (Lipinski definition) is 3. The number of halogens is 3. The van der Waals surface area contributed by atoms with E-state index in [1.807, 2.05) is 0 Å². The molecule has 0 radical (unpaired) electrons. The second-order valence-electron chi connectivity index (χ2n) is 4.95. The van der Waals surface area contributed by atoms with Crippen molar-refractivity contribution in [1.82, 2.24) is 4.90 Å². The van der Waals surface area contributed by atoms with Crippen LogP contribution >= 0.6 is 0 Å². The number of aliphatic carboxylic acids is 1. The standard InChI is InChI=1S/C14H16F3NO3/c1-9(13(19)20)18-6-7-21-12(8-18)10-4-2-3-5-11(10)14(15,16)17/h2-5,9,12H,6-8H2,1H3,(H,19,20). The first-order valence-corrected chi connectivity index (χ1v) is 6.55. The third-order valence-electron chi connectivity index (χ3n) is 3.62. The highest BCUT2D eigenvalue weighted by Gasteiger charge is 2.37. The summed E-state index contributed by atoms with van der Waals surface area (Å²) in [6.07, 6.45) is -5.24. The Morgan fingerprint density at radius 3 is 2.71 bits per heavy atom. The second-order valence-corrected chi connectivity index (χ2v) is 4.95. The van der Waals surface area contributed by atoms with Crippen molar-refractivity contribution in [3.05, 3.63) is 35.4 Å². The van der Waals surface area contributed by atoms with Gasteiger partial charge in [0.2, 0.25) is 0 Å². The quantitative estimate of drug-likeness (QED) is 0.932. The van der Waals surface area contributed by atoms with Gasteiger partial charge in [-0.2, -0.15) is 13.2 Å². The van der Waals surface area contributed by atoms with Gasteiger partial charge in [-0.05, 0) is 18.6 Å². The zero-order chi connectivity index (χ0) is 15.6. The van der Waals surface area contributed by atoms with Crippen molar-refractivity contribution in [1.29, 1.82) is 0 Å². The third kappa shape index (κ3) is 3.54. The van der Waals surface area contributed by atoms with Crippen LogP contribution in [0.3, 0.4) is 0 Å². The first-order chi connectivity index (χ1) is 9.80. The zero-order valence-electron chi connectivity index (χ0n) is 11.4. The number of carbonyl (C=O) groups is 1. The minimum Gasteiger partial charge on any atom is -0.480 e. The number of ether oxygens (including phenoxy) is 1. The van der Waals surface area contributed by atoms with Gasteiger partial charge < -0.3 is 9.84 Å². The molecule has 1 N–H and O–H groups in total. The fourth-order valence-electron chi connectivity index (χ4n) is 2.40. The van der Waals surface area contributed by atoms with Gasteiger partial charge in [0.25, 0.3) is 0 Å². The SMILES string of the molecule is CC(C(=O)O)N1CCOC(c2ccccc2C(F)(F)F)C1. The van der Waals surface area contributed by atoms with E-state index in [0.29, 0.717) is 6.54 Å². The molecule has 1 aromatic rings. The Morgan fingerprint density at radius 1 is 1.43 bits per heavy atom. The number of hydrogen-bond donors (Lipinski definition) is 1. The number of rotatable bonds is 3. The van der Waals surface area contributed by atoms with Crippen molar-refractivity contribution < 1.29 is 27.8 Å². The van der Waals surface area contributed by atoms with Crippen LogP contribution < -0.4 is 0 Å². The van der Waals surface area contributed by atoms with Crippen molar-refractivity contribution in [2.45, 2.75) is 25.2 Å². The summed E-state index contributed by atoms with van der Waals surface area (Å²) in [7, 11) is 0. The fraction of sp³-hybridized carbons (Fsp3) is 0.500. The van der Waals surface area contributed by atoms with E-state index in [0.717, 1.165) is 6.07 Å². The smallest absolute Gasteiger partial charge is 0.416 e. The van der Waals surface area contributed by atoms with Crippen molar-refractivity contribution >= 4 is 5.97 Å². The monoisotopic (exact) mass is 303 g/mol. The van der Waals surface area contributed by atoms with Gasteiger partial charge in [-0.3, -0.25) is 9.69 Å². The molecule has 0 spiro atoms. The van der Waals surface area contributed by atoms with Gasteiger partial charge >= 0.3 is 12.1 Å². The highest BCUT2D eigenvalue weighted by Crippen LogP contribution is 2.36. The van der Waals surface area contributed by atoms with Crippen LogP contribution in [0.5, 0.6) is 0 Å². The summed E-state index contributed by atoms with van der Waals surface area (Å²) in [6, 6.07) is 4.48. The van der Waals surface area contributed by atoms with Gasteiger partial charge in [0.05, 0.1) is 18.3 Å². The molecule has 0 saturated carbocycles. The summed E-state index contributed by atoms with van der Waals surface area (Å²) in [4.78, 5) is 12.6. The molecule has 1 aliphatic rings. The summed E-state index contributed by atoms with van der Waals surface area (Å²) in [5.74, 6) is -1.00. The number of carboxylic acids is 1. The predicted molar refractivity (Wildman–Crippen MR) is 68.8 cm³/mol. The van der Waals surface area contributed by atoms with Crippen LogP contribution in [0.4, 0.5) is 13.2 Å². The lowest BCUT2D eigenvalue weighted by molar-refractivity contribution is -0.148. The lowest BCUT2D eigenvalue weighted by Gasteiger charge is -2.36. The maximum absolute atomic E-state index is 13.0. The number of benzene rings is 1. The van der Waals surface area contributed by atoms with Gasteiger partial charge in [0, 0.05) is 13.1 Å². The molecular weight excluding hydrogens is 287 g/mol. The molecule has 0 amide bonds. The second kappa shape index (κ2) is 6.03. The molecule has 21 heavy (non-hydrogen) atoms. The van der Waals surface area contributed by atoms with E-state index in [4.69, 9.17) is 9.84 Å². The van der Waals surface area contributed by atoms with Gasteiger partial charge in [-0.25, -0.2) is 0 Å². The third-order valence-corrected chi connectivity index (χ3v) is 3.62. The lowest BCUT2D eigenvalue weighted by Crippen LogP contribution is -2.47. The number of nitrogens with zero attached hydrogens (tertiary/aromatic N) is 1. The largest absolute Gasteiger partial charge is 0.480 e. The predicted octanol–water partition coefficient (Wildman–Crippen LogP) is 2.55. The molecule has 1 saturated heterocycles. The average molecular weight is 303 g/mol. The summed E-state index contributed by atoms with van der Waals surface area (Å²) < 4.78 is 44.5. The molecule has 0 aliphatic carbocycles. The highest BCUT2D eigenvalue weighted by molar-refractivity contribution is 5.72. The molecule has 1 aromatic carbocycles. The Bertz CT molecular complexity index is 518. The van der Waals surface area contributed by atoms with Crippen LogP contribution in [0.25, 0.3) is 0 Å². The van der Waals surface area contributed by atoms with Crippen LogP contribution in [0.15, 0.2) is 24.3 Å². The van der Waals surface area contributed by atoms with Crippen molar-refractivity contribution in [2.75, 3.05) is 19.7 Å². The van der Waals surface area contributed by atoms with Crippen molar-refractivity contribution in [3.63, 3.8) is 0 Å². The van der Waals surface area contributed by atoms with E-state index >= 15 is 0 Å². The van der Waals surface area contributed by atoms with Crippen LogP contribution in [0.1, 0.15) is 24.2 Å². The molecule has 1 fully saturated rings. The maximum atomic E-state index is 13.0. The summed E-state index contributed by atoms with van der Waals surface area (Å²) >= 11 is 0. The summed E-state index contributed by atoms with van der Waals surface area (Å²) in [6.45, 7) is 2.23. The topological polar surface area (TPSA) is 49.8 Å². The van der Waals surface area contributed by atoms with Crippen LogP contribution in [0, 0.1) is 0 Å². The van der Waals surface area contributed by atoms with Crippen LogP contribution in [-0.2, 0) is 15.7 Å². The minimum absolute atomic E-state index is 0.0484. The van der Waals surface area contributed by atoms with E-state index in [2.05, 4.69) is 0 Å². The zero-order valence-corrected chi connectivity index (χ0v) is 11.4. The highest BCUT2D eigenvalue weighted by atomic mass is 19.4. The average Bonchev–Trinajstić information content (AvgIpc) is 2.45. The lowest BCUT2D eigenvalue weighted by atomic mass is 10.00. The molecule has 7 heteroatoms. The van der Waals surface area contributed by atoms with E-state index < -0.39 is 29.9 Å². The van der Waals surface area contributed by atoms with Crippen molar-refractivity contribution in [2.24, 2.45) is 0 Å². The van der Waals surface area contributed by atoms with Gasteiger partial charge in [0.15, 0.2) is 0 Å². The Hall–Kier alpha value is -1.60. The van der Waals surface area contributed by atoms with E-state index in [9.17, 15) is 18.0 Å². The van der Waals surface area contributed by atoms with Crippen LogP contribution in [-0.4, -0.2) is 41.7 Å². The van der Waals surface area contributed by atoms with Crippen LogP contribution in [0.2, 0.25) is 0 Å². The molecule has 116 valence electrons. The molecule has 4 nitrogen and oxygen atoms in total. The molecule has 0 aromatic heterocycles. The molecular formula is C14H16F3NO3. The molecule has 2 atom stereocenters. The normalized spacial score (nSPS) is 22.0. The first kappa shape index (κ1) is 15.8. The van der Waals surface area contributed by atoms with E-state index in [1.165, 1.54) is 25.1 Å². The Labute approximate surface area is 120 Å². The van der Waals surface area contributed by atoms with Crippen molar-refractivity contribution in [3.8, 4) is 0 Å². The Kier molecular flexibility index (Phi) is 4.53. The maximum Gasteiger partial charge on any atom is 0.416 e. The van der Waals surface area contributed by atoms with E-state index in [1.54, 1.807) is 4.90 Å². The van der Waals surface area contributed by atoms with Gasteiger partial charge in [0.1, 0.15) is 6.04 Å². The number of alkyl halides is 3. The molecule has 1 heterocycles. The number of carboxylic acid groups (broad SMARTS) is 1. The molecule has 1 aliphatic heterocycles. The Balaban J connectivity index is 2.25. The van der Waals surface area contributed by atoms with E-state index in [-0.39, 0.29) is 18.7 Å². The first-order valence-electron chi connectivity index (χ1n) is 6.55.